The van der Waals surface area contributed by atoms with Gasteiger partial charge in [-0.25, -0.2) is 4.98 Å². The molecule has 0 radical (unpaired) electrons. The number of aliphatic carboxylic acids is 1. The van der Waals surface area contributed by atoms with E-state index in [1.54, 1.807) is 4.90 Å². The van der Waals surface area contributed by atoms with Crippen LogP contribution in [0.25, 0.3) is 0 Å². The van der Waals surface area contributed by atoms with Gasteiger partial charge in [-0.15, -0.1) is 0 Å². The molecular formula is C11H15N3O5. The molecule has 1 unspecified atom stereocenters. The van der Waals surface area contributed by atoms with Crippen molar-refractivity contribution in [1.29, 1.82) is 0 Å². The molecular weight excluding hydrogens is 254 g/mol. The summed E-state index contributed by atoms with van der Waals surface area (Å²) in [5, 5.41) is 8.77. The van der Waals surface area contributed by atoms with E-state index in [4.69, 9.17) is 14.6 Å². The highest BCUT2D eigenvalue weighted by Crippen LogP contribution is 2.23. The van der Waals surface area contributed by atoms with Crippen molar-refractivity contribution in [3.05, 3.63) is 16.7 Å². The number of ether oxygens (including phenoxy) is 2. The van der Waals surface area contributed by atoms with Crippen molar-refractivity contribution >= 4 is 11.8 Å². The van der Waals surface area contributed by atoms with Crippen LogP contribution in [0.2, 0.25) is 0 Å². The number of anilines is 1. The quantitative estimate of drug-likeness (QED) is 0.756. The summed E-state index contributed by atoms with van der Waals surface area (Å²) < 4.78 is 10.4. The number of nitrogens with one attached hydrogen (secondary N) is 1. The summed E-state index contributed by atoms with van der Waals surface area (Å²) in [5.74, 6) is -0.388. The van der Waals surface area contributed by atoms with Gasteiger partial charge in [0.2, 0.25) is 5.75 Å². The molecule has 1 fully saturated rings. The maximum absolute atomic E-state index is 11.6. The van der Waals surface area contributed by atoms with Crippen LogP contribution >= 0.6 is 0 Å². The van der Waals surface area contributed by atoms with Gasteiger partial charge in [0.1, 0.15) is 0 Å². The van der Waals surface area contributed by atoms with Crippen LogP contribution in [0.15, 0.2) is 11.1 Å². The van der Waals surface area contributed by atoms with Crippen molar-refractivity contribution in [3.8, 4) is 5.75 Å². The van der Waals surface area contributed by atoms with Crippen molar-refractivity contribution in [1.82, 2.24) is 9.97 Å². The van der Waals surface area contributed by atoms with Gasteiger partial charge in [-0.1, -0.05) is 0 Å². The topological polar surface area (TPSA) is 105 Å². The number of H-pyrrole nitrogens is 1. The van der Waals surface area contributed by atoms with E-state index in [1.165, 1.54) is 13.4 Å². The molecule has 104 valence electrons. The molecule has 19 heavy (non-hydrogen) atoms. The van der Waals surface area contributed by atoms with Gasteiger partial charge >= 0.3 is 5.97 Å². The number of morpholine rings is 1. The predicted octanol–water partition coefficient (Wildman–Crippen LogP) is -0.542. The SMILES string of the molecule is COc1c(N2CCOC(CC(=O)O)C2)nc[nH]c1=O. The minimum Gasteiger partial charge on any atom is -0.489 e. The van der Waals surface area contributed by atoms with E-state index in [-0.39, 0.29) is 17.7 Å². The smallest absolute Gasteiger partial charge is 0.306 e. The largest absolute Gasteiger partial charge is 0.489 e. The molecule has 1 aliphatic rings. The van der Waals surface area contributed by atoms with Crippen molar-refractivity contribution < 1.29 is 19.4 Å². The van der Waals surface area contributed by atoms with Gasteiger partial charge in [0.05, 0.1) is 32.6 Å². The summed E-state index contributed by atoms with van der Waals surface area (Å²) in [6.07, 6.45) is 0.793. The van der Waals surface area contributed by atoms with Crippen molar-refractivity contribution in [3.63, 3.8) is 0 Å². The van der Waals surface area contributed by atoms with Crippen LogP contribution in [0.1, 0.15) is 6.42 Å². The molecule has 1 saturated heterocycles. The van der Waals surface area contributed by atoms with Crippen LogP contribution in [-0.4, -0.2) is 54.0 Å². The number of hydrogen-bond donors (Lipinski definition) is 2. The Morgan fingerprint density at radius 2 is 2.53 bits per heavy atom. The molecule has 1 aliphatic heterocycles. The lowest BCUT2D eigenvalue weighted by Gasteiger charge is -2.33. The molecule has 0 aromatic carbocycles. The van der Waals surface area contributed by atoms with E-state index < -0.39 is 12.1 Å². The number of rotatable bonds is 4. The minimum atomic E-state index is -0.919. The summed E-state index contributed by atoms with van der Waals surface area (Å²) in [5.41, 5.74) is -0.367. The Balaban J connectivity index is 2.19. The highest BCUT2D eigenvalue weighted by Gasteiger charge is 2.26. The molecule has 8 nitrogen and oxygen atoms in total. The zero-order chi connectivity index (χ0) is 13.8. The zero-order valence-corrected chi connectivity index (χ0v) is 10.5. The second-order valence-corrected chi connectivity index (χ2v) is 4.13. The second-order valence-electron chi connectivity index (χ2n) is 4.13. The molecule has 0 bridgehead atoms. The molecule has 1 atom stereocenters. The molecule has 0 saturated carbocycles. The Morgan fingerprint density at radius 3 is 3.21 bits per heavy atom. The first-order valence-electron chi connectivity index (χ1n) is 5.82. The number of nitrogens with zero attached hydrogens (tertiary/aromatic N) is 2. The van der Waals surface area contributed by atoms with E-state index >= 15 is 0 Å². The van der Waals surface area contributed by atoms with Crippen molar-refractivity contribution in [2.24, 2.45) is 0 Å². The Bertz CT molecular complexity index is 515. The standard InChI is InChI=1S/C11H15N3O5/c1-18-9-10(12-6-13-11(9)17)14-2-3-19-7(5-14)4-8(15)16/h6-7H,2-5H2,1H3,(H,15,16)(H,12,13,17). The van der Waals surface area contributed by atoms with Gasteiger partial charge in [0.15, 0.2) is 5.82 Å². The molecule has 8 heteroatoms. The average Bonchev–Trinajstić information content (AvgIpc) is 2.38. The molecule has 0 spiro atoms. The van der Waals surface area contributed by atoms with Crippen LogP contribution in [0, 0.1) is 0 Å². The van der Waals surface area contributed by atoms with E-state index in [0.717, 1.165) is 0 Å². The number of methoxy groups -OCH3 is 1. The fraction of sp³-hybridized carbons (Fsp3) is 0.545. The fourth-order valence-electron chi connectivity index (χ4n) is 2.02. The molecule has 2 rings (SSSR count). The minimum absolute atomic E-state index is 0.0813. The normalized spacial score (nSPS) is 19.2. The lowest BCUT2D eigenvalue weighted by molar-refractivity contribution is -0.140. The number of carbonyl (C=O) groups is 1. The maximum Gasteiger partial charge on any atom is 0.306 e. The Kier molecular flexibility index (Phi) is 4.00. The van der Waals surface area contributed by atoms with Gasteiger partial charge in [0, 0.05) is 13.1 Å². The third-order valence-electron chi connectivity index (χ3n) is 2.84. The second kappa shape index (κ2) is 5.70. The zero-order valence-electron chi connectivity index (χ0n) is 10.5. The number of carboxylic acids is 1. The lowest BCUT2D eigenvalue weighted by Crippen LogP contribution is -2.44. The van der Waals surface area contributed by atoms with Crippen molar-refractivity contribution in [2.45, 2.75) is 12.5 Å². The molecule has 2 heterocycles. The van der Waals surface area contributed by atoms with Gasteiger partial charge in [-0.05, 0) is 0 Å². The third-order valence-corrected chi connectivity index (χ3v) is 2.84. The van der Waals surface area contributed by atoms with Gasteiger partial charge in [-0.2, -0.15) is 0 Å². The van der Waals surface area contributed by atoms with Gasteiger partial charge < -0.3 is 24.5 Å². The third kappa shape index (κ3) is 3.02. The first-order valence-corrected chi connectivity index (χ1v) is 5.82. The number of hydrogen-bond acceptors (Lipinski definition) is 6. The van der Waals surface area contributed by atoms with E-state index in [0.29, 0.717) is 25.5 Å². The lowest BCUT2D eigenvalue weighted by atomic mass is 10.2. The Labute approximate surface area is 109 Å². The monoisotopic (exact) mass is 269 g/mol. The molecule has 0 aliphatic carbocycles. The molecule has 2 N–H and O–H groups in total. The summed E-state index contributed by atoms with van der Waals surface area (Å²) >= 11 is 0. The summed E-state index contributed by atoms with van der Waals surface area (Å²) in [6.45, 7) is 1.28. The highest BCUT2D eigenvalue weighted by molar-refractivity contribution is 5.67. The van der Waals surface area contributed by atoms with Crippen LogP contribution in [0.3, 0.4) is 0 Å². The molecule has 1 aromatic heterocycles. The highest BCUT2D eigenvalue weighted by atomic mass is 16.5. The summed E-state index contributed by atoms with van der Waals surface area (Å²) in [6, 6.07) is 0. The van der Waals surface area contributed by atoms with E-state index in [1.807, 2.05) is 0 Å². The Hall–Kier alpha value is -2.09. The van der Waals surface area contributed by atoms with E-state index in [2.05, 4.69) is 9.97 Å². The van der Waals surface area contributed by atoms with Crippen LogP contribution in [-0.2, 0) is 9.53 Å². The summed E-state index contributed by atoms with van der Waals surface area (Å²) in [7, 11) is 1.39. The predicted molar refractivity (Wildman–Crippen MR) is 65.6 cm³/mol. The van der Waals surface area contributed by atoms with Gasteiger partial charge in [-0.3, -0.25) is 9.59 Å². The average molecular weight is 269 g/mol. The first kappa shape index (κ1) is 13.3. The number of aromatic amines is 1. The van der Waals surface area contributed by atoms with Gasteiger partial charge in [0.25, 0.3) is 5.56 Å². The number of carboxylic acid groups (broad SMARTS) is 1. The molecule has 1 aromatic rings. The Morgan fingerprint density at radius 1 is 1.74 bits per heavy atom. The van der Waals surface area contributed by atoms with Crippen LogP contribution in [0.5, 0.6) is 5.75 Å². The van der Waals surface area contributed by atoms with Crippen molar-refractivity contribution in [2.75, 3.05) is 31.7 Å². The summed E-state index contributed by atoms with van der Waals surface area (Å²) in [4.78, 5) is 30.6. The first-order chi connectivity index (χ1) is 9.11. The molecule has 0 amide bonds. The fourth-order valence-corrected chi connectivity index (χ4v) is 2.02. The van der Waals surface area contributed by atoms with Crippen LogP contribution in [0.4, 0.5) is 5.82 Å². The number of aromatic nitrogens is 2. The maximum atomic E-state index is 11.6. The van der Waals surface area contributed by atoms with Crippen LogP contribution < -0.4 is 15.2 Å². The van der Waals surface area contributed by atoms with E-state index in [9.17, 15) is 9.59 Å².